The summed E-state index contributed by atoms with van der Waals surface area (Å²) >= 11 is 0. The fourth-order valence-corrected chi connectivity index (χ4v) is 8.58. The number of carbonyl (C=O) groups excluding carboxylic acids is 1. The summed E-state index contributed by atoms with van der Waals surface area (Å²) in [6, 6.07) is 7.61. The lowest BCUT2D eigenvalue weighted by molar-refractivity contribution is 0.0948. The zero-order valence-corrected chi connectivity index (χ0v) is 16.8. The third-order valence-corrected chi connectivity index (χ3v) is 9.05. The van der Waals surface area contributed by atoms with Gasteiger partial charge in [0, 0.05) is 5.56 Å². The van der Waals surface area contributed by atoms with Crippen molar-refractivity contribution in [2.24, 2.45) is 5.41 Å². The van der Waals surface area contributed by atoms with Crippen molar-refractivity contribution in [2.75, 3.05) is 24.9 Å². The Bertz CT molecular complexity index is 493. The fraction of sp³-hybridized carbons (Fsp3) is 0.650. The molecular formula is C20H34O2S. The first-order chi connectivity index (χ1) is 10.7. The van der Waals surface area contributed by atoms with Crippen LogP contribution in [0.3, 0.4) is 0 Å². The second kappa shape index (κ2) is 8.23. The molecule has 2 nitrogen and oxygen atoms in total. The van der Waals surface area contributed by atoms with Crippen molar-refractivity contribution in [3.8, 4) is 5.75 Å². The lowest BCUT2D eigenvalue weighted by atomic mass is 9.87. The zero-order chi connectivity index (χ0) is 17.7. The first-order valence-electron chi connectivity index (χ1n) is 8.60. The van der Waals surface area contributed by atoms with E-state index in [4.69, 9.17) is 4.74 Å². The van der Waals surface area contributed by atoms with Crippen LogP contribution in [0.1, 0.15) is 57.8 Å². The van der Waals surface area contributed by atoms with Crippen molar-refractivity contribution in [2.45, 2.75) is 52.7 Å². The molecule has 1 aromatic rings. The number of rotatable bonds is 8. The van der Waals surface area contributed by atoms with E-state index in [0.29, 0.717) is 5.78 Å². The largest absolute Gasteiger partial charge is 0.497 e. The van der Waals surface area contributed by atoms with Crippen LogP contribution in [0.5, 0.6) is 5.75 Å². The summed E-state index contributed by atoms with van der Waals surface area (Å²) in [6.45, 7) is 11.1. The molecule has 0 aliphatic carbocycles. The molecule has 1 rings (SSSR count). The molecule has 0 radical (unpaired) electrons. The fourth-order valence-electron chi connectivity index (χ4n) is 3.68. The number of ketones is 1. The molecule has 23 heavy (non-hydrogen) atoms. The van der Waals surface area contributed by atoms with E-state index in [9.17, 15) is 4.79 Å². The standard InChI is InChI=1S/C20H34O2S/c1-8-14-23(7,15-9-2)19(20(3,4)5)18(21)16-10-12-17(22-6)13-11-16/h10-13,19H,8-9,14-15H2,1-7H3. The van der Waals surface area contributed by atoms with Crippen LogP contribution in [0, 0.1) is 5.41 Å². The minimum Gasteiger partial charge on any atom is -0.497 e. The highest BCUT2D eigenvalue weighted by molar-refractivity contribution is 8.34. The third-order valence-electron chi connectivity index (χ3n) is 4.31. The van der Waals surface area contributed by atoms with E-state index in [2.05, 4.69) is 40.9 Å². The van der Waals surface area contributed by atoms with Gasteiger partial charge in [-0.2, -0.15) is 0 Å². The van der Waals surface area contributed by atoms with Gasteiger partial charge >= 0.3 is 0 Å². The van der Waals surface area contributed by atoms with Gasteiger partial charge < -0.3 is 4.74 Å². The number of methoxy groups -OCH3 is 1. The zero-order valence-electron chi connectivity index (χ0n) is 15.9. The van der Waals surface area contributed by atoms with Gasteiger partial charge in [0.25, 0.3) is 0 Å². The summed E-state index contributed by atoms with van der Waals surface area (Å²) in [4.78, 5) is 13.4. The Morgan fingerprint density at radius 2 is 1.57 bits per heavy atom. The van der Waals surface area contributed by atoms with Gasteiger partial charge in [-0.3, -0.25) is 4.79 Å². The van der Waals surface area contributed by atoms with Crippen LogP contribution in [-0.2, 0) is 0 Å². The number of ether oxygens (including phenoxy) is 1. The minimum absolute atomic E-state index is 0.0224. The summed E-state index contributed by atoms with van der Waals surface area (Å²) in [5.41, 5.74) is 0.794. The number of hydrogen-bond acceptors (Lipinski definition) is 2. The number of benzene rings is 1. The van der Waals surface area contributed by atoms with E-state index in [1.165, 1.54) is 11.5 Å². The van der Waals surface area contributed by atoms with E-state index < -0.39 is 10.0 Å². The van der Waals surface area contributed by atoms with Crippen LogP contribution in [0.2, 0.25) is 0 Å². The predicted molar refractivity (Wildman–Crippen MR) is 104 cm³/mol. The monoisotopic (exact) mass is 338 g/mol. The molecule has 3 heteroatoms. The number of hydrogen-bond donors (Lipinski definition) is 0. The van der Waals surface area contributed by atoms with Crippen LogP contribution in [0.4, 0.5) is 0 Å². The molecule has 0 bridgehead atoms. The predicted octanol–water partition coefficient (Wildman–Crippen LogP) is 5.55. The van der Waals surface area contributed by atoms with Gasteiger partial charge in [0.2, 0.25) is 0 Å². The van der Waals surface area contributed by atoms with Gasteiger partial charge in [0.1, 0.15) is 5.75 Å². The SMILES string of the molecule is CCCS(C)(CCC)C(C(=O)c1ccc(OC)cc1)C(C)(C)C. The molecule has 0 N–H and O–H groups in total. The summed E-state index contributed by atoms with van der Waals surface area (Å²) in [5.74, 6) is 3.45. The maximum absolute atomic E-state index is 13.4. The molecule has 1 aromatic carbocycles. The van der Waals surface area contributed by atoms with Crippen molar-refractivity contribution in [3.05, 3.63) is 29.8 Å². The summed E-state index contributed by atoms with van der Waals surface area (Å²) < 4.78 is 5.21. The molecule has 0 fully saturated rings. The van der Waals surface area contributed by atoms with Crippen LogP contribution >= 0.6 is 10.0 Å². The van der Waals surface area contributed by atoms with Gasteiger partial charge in [0.05, 0.1) is 12.4 Å². The molecule has 0 saturated heterocycles. The first kappa shape index (κ1) is 20.1. The van der Waals surface area contributed by atoms with Crippen LogP contribution in [0.25, 0.3) is 0 Å². The summed E-state index contributed by atoms with van der Waals surface area (Å²) in [5, 5.41) is 0.100. The van der Waals surface area contributed by atoms with E-state index in [1.54, 1.807) is 7.11 Å². The quantitative estimate of drug-likeness (QED) is 0.581. The highest BCUT2D eigenvalue weighted by atomic mass is 32.3. The molecule has 0 saturated carbocycles. The minimum atomic E-state index is -0.982. The van der Waals surface area contributed by atoms with Gasteiger partial charge in [0.15, 0.2) is 5.78 Å². The maximum atomic E-state index is 13.4. The molecule has 0 spiro atoms. The second-order valence-corrected chi connectivity index (χ2v) is 11.6. The molecule has 0 heterocycles. The van der Waals surface area contributed by atoms with E-state index in [0.717, 1.165) is 24.2 Å². The Morgan fingerprint density at radius 1 is 1.09 bits per heavy atom. The Kier molecular flexibility index (Phi) is 7.19. The highest BCUT2D eigenvalue weighted by Gasteiger charge is 2.41. The van der Waals surface area contributed by atoms with Crippen LogP contribution in [-0.4, -0.2) is 35.9 Å². The van der Waals surface area contributed by atoms with Crippen molar-refractivity contribution in [1.82, 2.24) is 0 Å². The van der Waals surface area contributed by atoms with Gasteiger partial charge in [-0.15, -0.1) is 0 Å². The van der Waals surface area contributed by atoms with Crippen molar-refractivity contribution >= 4 is 15.8 Å². The second-order valence-electron chi connectivity index (χ2n) is 7.60. The average Bonchev–Trinajstić information content (AvgIpc) is 2.46. The molecule has 0 amide bonds. The van der Waals surface area contributed by atoms with Crippen LogP contribution in [0.15, 0.2) is 24.3 Å². The molecule has 1 atom stereocenters. The van der Waals surface area contributed by atoms with Gasteiger partial charge in [-0.05, 0) is 60.3 Å². The van der Waals surface area contributed by atoms with E-state index >= 15 is 0 Å². The van der Waals surface area contributed by atoms with E-state index in [-0.39, 0.29) is 10.7 Å². The molecule has 1 unspecified atom stereocenters. The normalized spacial score (nSPS) is 14.4. The van der Waals surface area contributed by atoms with Crippen molar-refractivity contribution < 1.29 is 9.53 Å². The maximum Gasteiger partial charge on any atom is 0.174 e. The molecule has 132 valence electrons. The molecular weight excluding hydrogens is 304 g/mol. The molecule has 0 aliphatic rings. The van der Waals surface area contributed by atoms with E-state index in [1.807, 2.05) is 24.3 Å². The van der Waals surface area contributed by atoms with Gasteiger partial charge in [-0.1, -0.05) is 34.6 Å². The Morgan fingerprint density at radius 3 is 1.91 bits per heavy atom. The number of carbonyl (C=O) groups is 1. The molecule has 0 aliphatic heterocycles. The Hall–Kier alpha value is -0.960. The lowest BCUT2D eigenvalue weighted by Gasteiger charge is -2.49. The smallest absolute Gasteiger partial charge is 0.174 e. The number of Topliss-reactive ketones (excluding diaryl/α,β-unsaturated/α-hetero) is 1. The summed E-state index contributed by atoms with van der Waals surface area (Å²) in [7, 11) is 0.670. The third kappa shape index (κ3) is 5.00. The highest BCUT2D eigenvalue weighted by Crippen LogP contribution is 2.56. The Labute approximate surface area is 144 Å². The van der Waals surface area contributed by atoms with Crippen LogP contribution < -0.4 is 4.74 Å². The summed E-state index contributed by atoms with van der Waals surface area (Å²) in [6.07, 6.45) is 4.68. The first-order valence-corrected chi connectivity index (χ1v) is 11.0. The lowest BCUT2D eigenvalue weighted by Crippen LogP contribution is -2.41. The average molecular weight is 339 g/mol. The van der Waals surface area contributed by atoms with Crippen molar-refractivity contribution in [3.63, 3.8) is 0 Å². The Balaban J connectivity index is 3.26. The topological polar surface area (TPSA) is 26.3 Å². The van der Waals surface area contributed by atoms with Gasteiger partial charge in [-0.25, -0.2) is 10.0 Å². The molecule has 0 aromatic heterocycles. The van der Waals surface area contributed by atoms with Crippen molar-refractivity contribution in [1.29, 1.82) is 0 Å².